The van der Waals surface area contributed by atoms with Crippen LogP contribution in [0.4, 0.5) is 0 Å². The fraction of sp³-hybridized carbons (Fsp3) is 0.0476. The molecule has 138 valence electrons. The van der Waals surface area contributed by atoms with Gasteiger partial charge >= 0.3 is 0 Å². The number of hydrazine groups is 1. The van der Waals surface area contributed by atoms with E-state index in [-0.39, 0.29) is 5.69 Å². The maximum Gasteiger partial charge on any atom is 0.288 e. The number of aryl methyl sites for hydroxylation is 1. The Labute approximate surface area is 160 Å². The molecule has 0 aliphatic carbocycles. The summed E-state index contributed by atoms with van der Waals surface area (Å²) in [7, 11) is 0. The van der Waals surface area contributed by atoms with Gasteiger partial charge < -0.3 is 4.42 Å². The Hall–Kier alpha value is -4.00. The van der Waals surface area contributed by atoms with Crippen LogP contribution in [-0.2, 0) is 0 Å². The molecule has 2 N–H and O–H groups in total. The Morgan fingerprint density at radius 1 is 0.893 bits per heavy atom. The normalized spacial score (nSPS) is 10.6. The van der Waals surface area contributed by atoms with E-state index in [1.54, 1.807) is 55.7 Å². The van der Waals surface area contributed by atoms with Gasteiger partial charge in [0.1, 0.15) is 11.4 Å². The first kappa shape index (κ1) is 17.4. The van der Waals surface area contributed by atoms with Gasteiger partial charge in [0, 0.05) is 11.1 Å². The van der Waals surface area contributed by atoms with E-state index in [1.807, 2.05) is 18.2 Å². The van der Waals surface area contributed by atoms with Crippen molar-refractivity contribution in [2.24, 2.45) is 0 Å². The van der Waals surface area contributed by atoms with E-state index in [0.717, 1.165) is 0 Å². The highest BCUT2D eigenvalue weighted by atomic mass is 16.3. The second-order valence-electron chi connectivity index (χ2n) is 6.12. The Balaban J connectivity index is 1.62. The molecule has 0 bridgehead atoms. The Kier molecular flexibility index (Phi) is 4.55. The topological polar surface area (TPSA) is 97.1 Å². The van der Waals surface area contributed by atoms with Crippen LogP contribution in [0.5, 0.6) is 0 Å². The van der Waals surface area contributed by atoms with Gasteiger partial charge in [0.05, 0.1) is 17.3 Å². The lowest BCUT2D eigenvalue weighted by atomic mass is 10.1. The molecule has 1 aromatic carbocycles. The predicted octanol–water partition coefficient (Wildman–Crippen LogP) is 3.27. The number of benzene rings is 1. The average molecular weight is 372 g/mol. The smallest absolute Gasteiger partial charge is 0.288 e. The van der Waals surface area contributed by atoms with Crippen molar-refractivity contribution in [3.63, 3.8) is 0 Å². The minimum Gasteiger partial charge on any atom is -0.463 e. The van der Waals surface area contributed by atoms with E-state index in [0.29, 0.717) is 33.6 Å². The summed E-state index contributed by atoms with van der Waals surface area (Å²) in [4.78, 5) is 33.7. The molecule has 3 heterocycles. The van der Waals surface area contributed by atoms with E-state index in [9.17, 15) is 9.59 Å². The SMILES string of the molecule is Cc1cccc(C(=O)NNC(=O)c2cc(-c3ccco3)nc3ccccc23)n1. The number of fused-ring (bicyclic) bond motifs is 1. The van der Waals surface area contributed by atoms with Gasteiger partial charge in [-0.05, 0) is 43.3 Å². The molecular weight excluding hydrogens is 356 g/mol. The zero-order chi connectivity index (χ0) is 19.5. The summed E-state index contributed by atoms with van der Waals surface area (Å²) in [6.07, 6.45) is 1.54. The first-order valence-corrected chi connectivity index (χ1v) is 8.60. The first-order chi connectivity index (χ1) is 13.6. The molecule has 0 spiro atoms. The van der Waals surface area contributed by atoms with Crippen molar-refractivity contribution in [2.45, 2.75) is 6.92 Å². The van der Waals surface area contributed by atoms with Crippen molar-refractivity contribution < 1.29 is 14.0 Å². The highest BCUT2D eigenvalue weighted by Gasteiger charge is 2.16. The van der Waals surface area contributed by atoms with Gasteiger partial charge in [0.15, 0.2) is 5.76 Å². The van der Waals surface area contributed by atoms with Crippen molar-refractivity contribution >= 4 is 22.7 Å². The molecule has 0 aliphatic rings. The fourth-order valence-electron chi connectivity index (χ4n) is 2.83. The standard InChI is InChI=1S/C21H16N4O3/c1-13-6-4-9-17(22-13)21(27)25-24-20(26)15-12-18(19-10-5-11-28-19)23-16-8-3-2-7-14(15)16/h2-12H,1H3,(H,24,26)(H,25,27). The molecule has 0 saturated carbocycles. The molecule has 3 aromatic heterocycles. The van der Waals surface area contributed by atoms with Crippen LogP contribution in [0.2, 0.25) is 0 Å². The lowest BCUT2D eigenvalue weighted by Gasteiger charge is -2.10. The molecule has 28 heavy (non-hydrogen) atoms. The minimum absolute atomic E-state index is 0.219. The second-order valence-corrected chi connectivity index (χ2v) is 6.12. The van der Waals surface area contributed by atoms with E-state index in [2.05, 4.69) is 20.8 Å². The number of furan rings is 1. The summed E-state index contributed by atoms with van der Waals surface area (Å²) in [5.74, 6) is -0.415. The Bertz CT molecular complexity index is 1170. The summed E-state index contributed by atoms with van der Waals surface area (Å²) >= 11 is 0. The quantitative estimate of drug-likeness (QED) is 0.538. The summed E-state index contributed by atoms with van der Waals surface area (Å²) in [5.41, 5.74) is 7.32. The summed E-state index contributed by atoms with van der Waals surface area (Å²) in [5, 5.41) is 0.665. The summed E-state index contributed by atoms with van der Waals surface area (Å²) in [6, 6.07) is 17.5. The molecule has 0 radical (unpaired) electrons. The van der Waals surface area contributed by atoms with Gasteiger partial charge in [-0.25, -0.2) is 9.97 Å². The third-order valence-corrected chi connectivity index (χ3v) is 4.14. The lowest BCUT2D eigenvalue weighted by molar-refractivity contribution is 0.0844. The molecule has 0 atom stereocenters. The van der Waals surface area contributed by atoms with E-state index in [1.165, 1.54) is 0 Å². The van der Waals surface area contributed by atoms with Crippen molar-refractivity contribution in [2.75, 3.05) is 0 Å². The minimum atomic E-state index is -0.498. The van der Waals surface area contributed by atoms with Gasteiger partial charge in [-0.3, -0.25) is 20.4 Å². The molecule has 0 unspecified atom stereocenters. The number of nitrogens with zero attached hydrogens (tertiary/aromatic N) is 2. The molecule has 4 rings (SSSR count). The van der Waals surface area contributed by atoms with Crippen LogP contribution in [0, 0.1) is 6.92 Å². The summed E-state index contributed by atoms with van der Waals surface area (Å²) in [6.45, 7) is 1.79. The Morgan fingerprint density at radius 2 is 1.71 bits per heavy atom. The molecular formula is C21H16N4O3. The van der Waals surface area contributed by atoms with Crippen LogP contribution in [-0.4, -0.2) is 21.8 Å². The molecule has 2 amide bonds. The number of pyridine rings is 2. The van der Waals surface area contributed by atoms with E-state index in [4.69, 9.17) is 4.42 Å². The molecule has 0 aliphatic heterocycles. The van der Waals surface area contributed by atoms with Gasteiger partial charge in [-0.15, -0.1) is 0 Å². The van der Waals surface area contributed by atoms with Gasteiger partial charge in [0.2, 0.25) is 0 Å². The summed E-state index contributed by atoms with van der Waals surface area (Å²) < 4.78 is 5.40. The average Bonchev–Trinajstić information content (AvgIpc) is 3.26. The van der Waals surface area contributed by atoms with Crippen molar-refractivity contribution in [3.8, 4) is 11.5 Å². The zero-order valence-corrected chi connectivity index (χ0v) is 15.0. The number of carbonyl (C=O) groups excluding carboxylic acids is 2. The van der Waals surface area contributed by atoms with Gasteiger partial charge in [0.25, 0.3) is 11.8 Å². The van der Waals surface area contributed by atoms with Gasteiger partial charge in [-0.1, -0.05) is 24.3 Å². The van der Waals surface area contributed by atoms with Crippen LogP contribution < -0.4 is 10.9 Å². The number of hydrogen-bond acceptors (Lipinski definition) is 5. The number of rotatable bonds is 3. The molecule has 4 aromatic rings. The number of carbonyl (C=O) groups is 2. The van der Waals surface area contributed by atoms with Crippen LogP contribution >= 0.6 is 0 Å². The van der Waals surface area contributed by atoms with E-state index < -0.39 is 11.8 Å². The number of para-hydroxylation sites is 1. The zero-order valence-electron chi connectivity index (χ0n) is 15.0. The molecule has 0 saturated heterocycles. The largest absolute Gasteiger partial charge is 0.463 e. The van der Waals surface area contributed by atoms with Crippen molar-refractivity contribution in [3.05, 3.63) is 83.9 Å². The number of hydrogen-bond donors (Lipinski definition) is 2. The molecule has 7 nitrogen and oxygen atoms in total. The van der Waals surface area contributed by atoms with Crippen molar-refractivity contribution in [1.29, 1.82) is 0 Å². The first-order valence-electron chi connectivity index (χ1n) is 8.60. The van der Waals surface area contributed by atoms with E-state index >= 15 is 0 Å². The van der Waals surface area contributed by atoms with Crippen LogP contribution in [0.15, 0.2) is 71.3 Å². The number of nitrogens with one attached hydrogen (secondary N) is 2. The highest BCUT2D eigenvalue weighted by Crippen LogP contribution is 2.25. The highest BCUT2D eigenvalue weighted by molar-refractivity contribution is 6.08. The van der Waals surface area contributed by atoms with Crippen LogP contribution in [0.1, 0.15) is 26.5 Å². The van der Waals surface area contributed by atoms with Crippen LogP contribution in [0.25, 0.3) is 22.4 Å². The Morgan fingerprint density at radius 3 is 2.50 bits per heavy atom. The lowest BCUT2D eigenvalue weighted by Crippen LogP contribution is -2.42. The van der Waals surface area contributed by atoms with Crippen molar-refractivity contribution in [1.82, 2.24) is 20.8 Å². The number of amides is 2. The predicted molar refractivity (Wildman–Crippen MR) is 103 cm³/mol. The number of aromatic nitrogens is 2. The van der Waals surface area contributed by atoms with Gasteiger partial charge in [-0.2, -0.15) is 0 Å². The molecule has 0 fully saturated rings. The third-order valence-electron chi connectivity index (χ3n) is 4.14. The maximum absolute atomic E-state index is 12.8. The monoisotopic (exact) mass is 372 g/mol. The molecule has 7 heteroatoms. The second kappa shape index (κ2) is 7.32. The fourth-order valence-corrected chi connectivity index (χ4v) is 2.83. The maximum atomic E-state index is 12.8. The third kappa shape index (κ3) is 3.45. The van der Waals surface area contributed by atoms with Crippen LogP contribution in [0.3, 0.4) is 0 Å².